The Bertz CT molecular complexity index is 414. The first-order chi connectivity index (χ1) is 8.13. The zero-order valence-electron chi connectivity index (χ0n) is 9.90. The second-order valence-electron chi connectivity index (χ2n) is 4.56. The molecule has 1 atom stereocenters. The summed E-state index contributed by atoms with van der Waals surface area (Å²) in [6.45, 7) is 3.58. The van der Waals surface area contributed by atoms with Gasteiger partial charge < -0.3 is 15.8 Å². The fraction of sp³-hybridized carbons (Fsp3) is 0.500. The second-order valence-corrected chi connectivity index (χ2v) is 4.56. The van der Waals surface area contributed by atoms with Gasteiger partial charge in [-0.15, -0.1) is 0 Å². The van der Waals surface area contributed by atoms with Crippen LogP contribution in [-0.4, -0.2) is 29.6 Å². The number of nitrogens with zero attached hydrogens (tertiary/aromatic N) is 1. The summed E-state index contributed by atoms with van der Waals surface area (Å²) in [4.78, 5) is 16.1. The molecule has 1 unspecified atom stereocenters. The SMILES string of the molecule is CC1(NC(=O)c2ccnc(CN)c2)CCOC1. The van der Waals surface area contributed by atoms with E-state index >= 15 is 0 Å². The normalized spacial score (nSPS) is 23.6. The van der Waals surface area contributed by atoms with Gasteiger partial charge in [0.05, 0.1) is 17.8 Å². The zero-order chi connectivity index (χ0) is 12.3. The Labute approximate surface area is 100 Å². The van der Waals surface area contributed by atoms with Crippen molar-refractivity contribution >= 4 is 5.91 Å². The van der Waals surface area contributed by atoms with Gasteiger partial charge in [-0.25, -0.2) is 0 Å². The Morgan fingerprint density at radius 3 is 3.18 bits per heavy atom. The molecular formula is C12H17N3O2. The van der Waals surface area contributed by atoms with Crippen LogP contribution in [0.4, 0.5) is 0 Å². The van der Waals surface area contributed by atoms with E-state index in [9.17, 15) is 4.79 Å². The number of ether oxygens (including phenoxy) is 1. The highest BCUT2D eigenvalue weighted by Crippen LogP contribution is 2.18. The summed E-state index contributed by atoms with van der Waals surface area (Å²) in [5.41, 5.74) is 6.54. The van der Waals surface area contributed by atoms with Crippen molar-refractivity contribution in [2.45, 2.75) is 25.4 Å². The maximum absolute atomic E-state index is 12.0. The van der Waals surface area contributed by atoms with Crippen LogP contribution < -0.4 is 11.1 Å². The van der Waals surface area contributed by atoms with Crippen molar-refractivity contribution in [2.75, 3.05) is 13.2 Å². The summed E-state index contributed by atoms with van der Waals surface area (Å²) in [6, 6.07) is 3.40. The summed E-state index contributed by atoms with van der Waals surface area (Å²) in [5, 5.41) is 2.99. The van der Waals surface area contributed by atoms with Crippen molar-refractivity contribution < 1.29 is 9.53 Å². The van der Waals surface area contributed by atoms with E-state index in [0.29, 0.717) is 31.0 Å². The maximum atomic E-state index is 12.0. The summed E-state index contributed by atoms with van der Waals surface area (Å²) in [7, 11) is 0. The molecule has 5 nitrogen and oxygen atoms in total. The lowest BCUT2D eigenvalue weighted by atomic mass is 10.0. The highest BCUT2D eigenvalue weighted by molar-refractivity contribution is 5.94. The molecule has 1 saturated heterocycles. The standard InChI is InChI=1S/C12H17N3O2/c1-12(3-5-17-8-12)15-11(16)9-2-4-14-10(6-9)7-13/h2,4,6H,3,5,7-8,13H2,1H3,(H,15,16). The molecule has 1 fully saturated rings. The van der Waals surface area contributed by atoms with Crippen LogP contribution in [0.2, 0.25) is 0 Å². The molecule has 0 bridgehead atoms. The minimum Gasteiger partial charge on any atom is -0.379 e. The van der Waals surface area contributed by atoms with E-state index in [4.69, 9.17) is 10.5 Å². The number of hydrogen-bond acceptors (Lipinski definition) is 4. The third-order valence-electron chi connectivity index (χ3n) is 2.92. The van der Waals surface area contributed by atoms with Gasteiger partial charge in [0.1, 0.15) is 0 Å². The Kier molecular flexibility index (Phi) is 3.40. The highest BCUT2D eigenvalue weighted by atomic mass is 16.5. The lowest BCUT2D eigenvalue weighted by Crippen LogP contribution is -2.46. The second kappa shape index (κ2) is 4.81. The largest absolute Gasteiger partial charge is 0.379 e. The molecule has 0 spiro atoms. The van der Waals surface area contributed by atoms with Crippen LogP contribution in [0.15, 0.2) is 18.3 Å². The number of nitrogens with one attached hydrogen (secondary N) is 1. The molecular weight excluding hydrogens is 218 g/mol. The first-order valence-electron chi connectivity index (χ1n) is 5.68. The van der Waals surface area contributed by atoms with Crippen LogP contribution in [0.5, 0.6) is 0 Å². The number of carbonyl (C=O) groups excluding carboxylic acids is 1. The lowest BCUT2D eigenvalue weighted by molar-refractivity contribution is 0.0889. The molecule has 2 rings (SSSR count). The van der Waals surface area contributed by atoms with E-state index in [0.717, 1.165) is 6.42 Å². The van der Waals surface area contributed by atoms with Gasteiger partial charge >= 0.3 is 0 Å². The first-order valence-corrected chi connectivity index (χ1v) is 5.68. The number of carbonyl (C=O) groups is 1. The van der Waals surface area contributed by atoms with Crippen molar-refractivity contribution in [1.29, 1.82) is 0 Å². The Balaban J connectivity index is 2.08. The zero-order valence-corrected chi connectivity index (χ0v) is 9.90. The molecule has 1 amide bonds. The monoisotopic (exact) mass is 235 g/mol. The van der Waals surface area contributed by atoms with Gasteiger partial charge in [0.2, 0.25) is 0 Å². The van der Waals surface area contributed by atoms with Crippen LogP contribution in [0, 0.1) is 0 Å². The Morgan fingerprint density at radius 1 is 1.71 bits per heavy atom. The van der Waals surface area contributed by atoms with Gasteiger partial charge in [-0.2, -0.15) is 0 Å². The van der Waals surface area contributed by atoms with E-state index < -0.39 is 0 Å². The number of rotatable bonds is 3. The minimum absolute atomic E-state index is 0.102. The molecule has 0 aliphatic carbocycles. The van der Waals surface area contributed by atoms with Crippen molar-refractivity contribution in [1.82, 2.24) is 10.3 Å². The van der Waals surface area contributed by atoms with Gasteiger partial charge in [0, 0.05) is 24.9 Å². The molecule has 3 N–H and O–H groups in total. The Morgan fingerprint density at radius 2 is 2.53 bits per heavy atom. The predicted octanol–water partition coefficient (Wildman–Crippen LogP) is 0.449. The van der Waals surface area contributed by atoms with Gasteiger partial charge in [0.15, 0.2) is 0 Å². The molecule has 0 radical (unpaired) electrons. The molecule has 1 aromatic heterocycles. The minimum atomic E-state index is -0.261. The molecule has 1 aliphatic heterocycles. The number of nitrogens with two attached hydrogens (primary N) is 1. The summed E-state index contributed by atoms with van der Waals surface area (Å²) in [5.74, 6) is -0.102. The van der Waals surface area contributed by atoms with Gasteiger partial charge in [-0.05, 0) is 25.5 Å². The number of amides is 1. The third-order valence-corrected chi connectivity index (χ3v) is 2.92. The fourth-order valence-electron chi connectivity index (χ4n) is 1.84. The number of hydrogen-bond donors (Lipinski definition) is 2. The van der Waals surface area contributed by atoms with E-state index in [-0.39, 0.29) is 11.4 Å². The first kappa shape index (κ1) is 12.0. The molecule has 0 aromatic carbocycles. The number of aromatic nitrogens is 1. The van der Waals surface area contributed by atoms with Crippen LogP contribution >= 0.6 is 0 Å². The van der Waals surface area contributed by atoms with Crippen molar-refractivity contribution in [3.05, 3.63) is 29.6 Å². The topological polar surface area (TPSA) is 77.2 Å². The molecule has 2 heterocycles. The average molecular weight is 235 g/mol. The molecule has 1 aliphatic rings. The van der Waals surface area contributed by atoms with Gasteiger partial charge in [0.25, 0.3) is 5.91 Å². The molecule has 1 aromatic rings. The summed E-state index contributed by atoms with van der Waals surface area (Å²) >= 11 is 0. The lowest BCUT2D eigenvalue weighted by Gasteiger charge is -2.23. The quantitative estimate of drug-likeness (QED) is 0.797. The van der Waals surface area contributed by atoms with Crippen LogP contribution in [0.3, 0.4) is 0 Å². The van der Waals surface area contributed by atoms with Gasteiger partial charge in [-0.3, -0.25) is 9.78 Å². The van der Waals surface area contributed by atoms with Crippen LogP contribution in [0.1, 0.15) is 29.4 Å². The van der Waals surface area contributed by atoms with E-state index in [1.807, 2.05) is 6.92 Å². The molecule has 92 valence electrons. The van der Waals surface area contributed by atoms with Crippen molar-refractivity contribution in [3.8, 4) is 0 Å². The molecule has 0 saturated carbocycles. The van der Waals surface area contributed by atoms with E-state index in [1.165, 1.54) is 0 Å². The summed E-state index contributed by atoms with van der Waals surface area (Å²) < 4.78 is 5.29. The number of pyridine rings is 1. The fourth-order valence-corrected chi connectivity index (χ4v) is 1.84. The average Bonchev–Trinajstić information content (AvgIpc) is 2.76. The van der Waals surface area contributed by atoms with E-state index in [1.54, 1.807) is 18.3 Å². The Hall–Kier alpha value is -1.46. The van der Waals surface area contributed by atoms with Crippen molar-refractivity contribution in [3.63, 3.8) is 0 Å². The van der Waals surface area contributed by atoms with Gasteiger partial charge in [-0.1, -0.05) is 0 Å². The maximum Gasteiger partial charge on any atom is 0.251 e. The van der Waals surface area contributed by atoms with Crippen molar-refractivity contribution in [2.24, 2.45) is 5.73 Å². The predicted molar refractivity (Wildman–Crippen MR) is 63.4 cm³/mol. The summed E-state index contributed by atoms with van der Waals surface area (Å²) in [6.07, 6.45) is 2.44. The highest BCUT2D eigenvalue weighted by Gasteiger charge is 2.31. The molecule has 17 heavy (non-hydrogen) atoms. The molecule has 5 heteroatoms. The van der Waals surface area contributed by atoms with Crippen LogP contribution in [-0.2, 0) is 11.3 Å². The third kappa shape index (κ3) is 2.81. The van der Waals surface area contributed by atoms with Crippen LogP contribution in [0.25, 0.3) is 0 Å². The smallest absolute Gasteiger partial charge is 0.251 e. The van der Waals surface area contributed by atoms with E-state index in [2.05, 4.69) is 10.3 Å².